The van der Waals surface area contributed by atoms with E-state index in [-0.39, 0.29) is 22.7 Å². The minimum absolute atomic E-state index is 0.00360. The number of nitro benzene ring substituents is 1. The van der Waals surface area contributed by atoms with Gasteiger partial charge < -0.3 is 4.90 Å². The molecule has 1 aliphatic rings. The molecule has 1 atom stereocenters. The second kappa shape index (κ2) is 14.7. The fraction of sp³-hybridized carbons (Fsp3) is 0.429. The molecule has 8 heteroatoms. The Morgan fingerprint density at radius 2 is 1.60 bits per heavy atom. The number of anilines is 1. The zero-order valence-corrected chi connectivity index (χ0v) is 30.0. The second-order valence-corrected chi connectivity index (χ2v) is 18.1. The van der Waals surface area contributed by atoms with Crippen LogP contribution < -0.4 is 9.64 Å². The molecule has 43 heavy (non-hydrogen) atoms. The summed E-state index contributed by atoms with van der Waals surface area (Å²) in [5, 5.41) is 10.7. The van der Waals surface area contributed by atoms with Crippen molar-refractivity contribution >= 4 is 35.4 Å². The normalized spacial score (nSPS) is 17.8. The van der Waals surface area contributed by atoms with Gasteiger partial charge in [0.2, 0.25) is 0 Å². The number of non-ortho nitro benzene ring substituents is 1. The number of benzene rings is 3. The molecule has 0 amide bonds. The zero-order valence-electron chi connectivity index (χ0n) is 26.8. The predicted octanol–water partition coefficient (Wildman–Crippen LogP) is 9.99. The van der Waals surface area contributed by atoms with Gasteiger partial charge >= 0.3 is 112 Å². The van der Waals surface area contributed by atoms with Crippen molar-refractivity contribution in [3.8, 4) is 5.75 Å². The third kappa shape index (κ3) is 8.90. The summed E-state index contributed by atoms with van der Waals surface area (Å²) in [6.45, 7) is 22.4. The number of ether oxygens (including phenoxy) is 1. The van der Waals surface area contributed by atoms with E-state index in [1.807, 2.05) is 13.8 Å². The zero-order chi connectivity index (χ0) is 32.1. The number of rotatable bonds is 8. The summed E-state index contributed by atoms with van der Waals surface area (Å²) in [5.74, 6) is 0.561. The topological polar surface area (TPSA) is 55.6 Å². The maximum absolute atomic E-state index is 10.7. The van der Waals surface area contributed by atoms with E-state index in [0.717, 1.165) is 19.3 Å². The van der Waals surface area contributed by atoms with Gasteiger partial charge in [0.15, 0.2) is 0 Å². The molecule has 1 saturated heterocycles. The van der Waals surface area contributed by atoms with Crippen LogP contribution in [0.15, 0.2) is 54.6 Å². The summed E-state index contributed by atoms with van der Waals surface area (Å²) in [6, 6.07) is 18.2. The number of nitrogens with zero attached hydrogens (tertiary/aromatic N) is 2. The molecule has 3 aromatic rings. The molecule has 1 unspecified atom stereocenters. The Bertz CT molecular complexity index is 1440. The maximum atomic E-state index is 10.7. The number of hydrogen-bond acceptors (Lipinski definition) is 4. The molecule has 0 spiro atoms. The molecule has 236 valence electrons. The van der Waals surface area contributed by atoms with Gasteiger partial charge in [0.05, 0.1) is 0 Å². The standard InChI is InChI=1S/C25H34N.C10H11NO3.2ClH.Ru/c1-8-20-11-10-12-21(9-2)23(20)26-17-25(7,16-24(26,5)6)22-14-18(3)13-19(4)15-22;1-7(2)14-10-5-4-9(11(12)13)6-8(10)3;;;/h10-15,17H,8-9,16H2,1-7H3;3-7H,1-2H3;2*1H;/q-1;;;;+2/p-2. The summed E-state index contributed by atoms with van der Waals surface area (Å²) in [7, 11) is 11.6. The number of nitro groups is 1. The second-order valence-electron chi connectivity index (χ2n) is 12.4. The third-order valence-corrected chi connectivity index (χ3v) is 9.54. The van der Waals surface area contributed by atoms with Gasteiger partial charge in [-0.3, -0.25) is 0 Å². The average molecular weight is 714 g/mol. The Kier molecular flexibility index (Phi) is 12.0. The number of hydrogen-bond donors (Lipinski definition) is 0. The molecule has 5 nitrogen and oxygen atoms in total. The van der Waals surface area contributed by atoms with E-state index in [2.05, 4.69) is 96.3 Å². The van der Waals surface area contributed by atoms with Gasteiger partial charge in [-0.1, -0.05) is 73.9 Å². The van der Waals surface area contributed by atoms with Gasteiger partial charge in [0, 0.05) is 11.2 Å². The first-order valence-electron chi connectivity index (χ1n) is 14.7. The van der Waals surface area contributed by atoms with Crippen molar-refractivity contribution in [3.05, 3.63) is 105 Å². The van der Waals surface area contributed by atoms with Crippen LogP contribution in [0.4, 0.5) is 11.4 Å². The van der Waals surface area contributed by atoms with Crippen LogP contribution in [0.1, 0.15) is 88.3 Å². The van der Waals surface area contributed by atoms with Crippen molar-refractivity contribution < 1.29 is 23.2 Å². The molecule has 0 radical (unpaired) electrons. The van der Waals surface area contributed by atoms with Gasteiger partial charge in [-0.15, -0.1) is 5.41 Å². The molecule has 0 aromatic heterocycles. The van der Waals surface area contributed by atoms with Gasteiger partial charge in [0.25, 0.3) is 0 Å². The van der Waals surface area contributed by atoms with Gasteiger partial charge in [-0.05, 0) is 58.1 Å². The molecule has 0 saturated carbocycles. The van der Waals surface area contributed by atoms with E-state index >= 15 is 0 Å². The van der Waals surface area contributed by atoms with Crippen LogP contribution >= 0.6 is 19.4 Å². The molecule has 1 fully saturated rings. The van der Waals surface area contributed by atoms with Crippen LogP contribution in [0.3, 0.4) is 0 Å². The van der Waals surface area contributed by atoms with Crippen molar-refractivity contribution in [1.82, 2.24) is 0 Å². The summed E-state index contributed by atoms with van der Waals surface area (Å²) in [6.07, 6.45) is 3.26. The molecule has 3 aromatic carbocycles. The van der Waals surface area contributed by atoms with Crippen LogP contribution in [-0.4, -0.2) is 21.2 Å². The largest absolute Gasteiger partial charge is 0.517 e. The quantitative estimate of drug-likeness (QED) is 0.101. The Labute approximate surface area is 271 Å². The molecule has 1 aliphatic heterocycles. The molecular formula is C35H45Cl2N2O3Ru-. The SMILES string of the molecule is CC(C)Oc1ccc([N+](=O)[O-])cc1[CH]=[Ru]([Cl])[Cl].CCc1cccc(CC)c1N1[CH-]C(C)(c2cc(C)cc(C)c2)CC1(C)C. The van der Waals surface area contributed by atoms with Crippen LogP contribution in [-0.2, 0) is 31.8 Å². The summed E-state index contributed by atoms with van der Waals surface area (Å²) in [4.78, 5) is 12.8. The van der Waals surface area contributed by atoms with Crippen molar-refractivity contribution in [2.24, 2.45) is 0 Å². The summed E-state index contributed by atoms with van der Waals surface area (Å²) in [5.41, 5.74) is 9.24. The van der Waals surface area contributed by atoms with Crippen molar-refractivity contribution in [1.29, 1.82) is 0 Å². The fourth-order valence-corrected chi connectivity index (χ4v) is 7.82. The molecular weight excluding hydrogens is 668 g/mol. The first-order valence-corrected chi connectivity index (χ1v) is 20.2. The van der Waals surface area contributed by atoms with Crippen LogP contribution in [0.5, 0.6) is 5.75 Å². The van der Waals surface area contributed by atoms with Crippen LogP contribution in [0, 0.1) is 30.5 Å². The van der Waals surface area contributed by atoms with Gasteiger partial charge in [0.1, 0.15) is 0 Å². The van der Waals surface area contributed by atoms with Gasteiger partial charge in [-0.2, -0.15) is 0 Å². The number of aryl methyl sites for hydroxylation is 4. The first-order chi connectivity index (χ1) is 20.1. The fourth-order valence-electron chi connectivity index (χ4n) is 6.04. The molecule has 0 aliphatic carbocycles. The van der Waals surface area contributed by atoms with Crippen LogP contribution in [0.25, 0.3) is 0 Å². The Morgan fingerprint density at radius 3 is 2.09 bits per heavy atom. The van der Waals surface area contributed by atoms with Crippen molar-refractivity contribution in [2.75, 3.05) is 4.90 Å². The Balaban J connectivity index is 0.000000259. The van der Waals surface area contributed by atoms with Crippen LogP contribution in [0.2, 0.25) is 0 Å². The van der Waals surface area contributed by atoms with E-state index in [9.17, 15) is 10.1 Å². The minimum Gasteiger partial charge on any atom is -0.517 e. The predicted molar refractivity (Wildman–Crippen MR) is 180 cm³/mol. The minimum atomic E-state index is -2.05. The molecule has 4 rings (SSSR count). The van der Waals surface area contributed by atoms with E-state index in [1.54, 1.807) is 10.7 Å². The average Bonchev–Trinajstić information content (AvgIpc) is 3.17. The third-order valence-electron chi connectivity index (χ3n) is 7.71. The Hall–Kier alpha value is -2.27. The van der Waals surface area contributed by atoms with Crippen molar-refractivity contribution in [2.45, 2.75) is 98.6 Å². The number of para-hydroxylation sites is 1. The van der Waals surface area contributed by atoms with Gasteiger partial charge in [-0.25, -0.2) is 6.54 Å². The number of halogens is 2. The smallest absolute Gasteiger partial charge is 0.0140 e. The van der Waals surface area contributed by atoms with Crippen molar-refractivity contribution in [3.63, 3.8) is 0 Å². The van der Waals surface area contributed by atoms with E-state index in [0.29, 0.717) is 11.3 Å². The first kappa shape index (κ1) is 35.2. The molecule has 0 N–H and O–H groups in total. The Morgan fingerprint density at radius 1 is 1.02 bits per heavy atom. The molecule has 1 heterocycles. The van der Waals surface area contributed by atoms with E-state index in [1.165, 1.54) is 45.6 Å². The summed E-state index contributed by atoms with van der Waals surface area (Å²) < 4.78 is 7.17. The monoisotopic (exact) mass is 713 g/mol. The molecule has 0 bridgehead atoms. The van der Waals surface area contributed by atoms with E-state index < -0.39 is 18.4 Å². The van der Waals surface area contributed by atoms with E-state index in [4.69, 9.17) is 24.1 Å². The summed E-state index contributed by atoms with van der Waals surface area (Å²) >= 11 is -2.05. The maximum Gasteiger partial charge on any atom is 0.0140 e.